The third-order valence-electron chi connectivity index (χ3n) is 3.24. The maximum atomic E-state index is 3.73. The van der Waals surface area contributed by atoms with Gasteiger partial charge in [-0.1, -0.05) is 6.92 Å². The number of nitrogens with zero attached hydrogens (tertiary/aromatic N) is 1. The summed E-state index contributed by atoms with van der Waals surface area (Å²) in [6, 6.07) is 1.63. The van der Waals surface area contributed by atoms with Gasteiger partial charge >= 0.3 is 0 Å². The van der Waals surface area contributed by atoms with Gasteiger partial charge in [-0.3, -0.25) is 0 Å². The monoisotopic (exact) mass is 168 g/mol. The average molecular weight is 168 g/mol. The van der Waals surface area contributed by atoms with E-state index in [-0.39, 0.29) is 0 Å². The fourth-order valence-corrected chi connectivity index (χ4v) is 2.44. The van der Waals surface area contributed by atoms with E-state index in [9.17, 15) is 0 Å². The van der Waals surface area contributed by atoms with Crippen LogP contribution < -0.4 is 5.32 Å². The first-order valence-corrected chi connectivity index (χ1v) is 5.18. The molecule has 0 radical (unpaired) electrons. The van der Waals surface area contributed by atoms with Gasteiger partial charge in [0, 0.05) is 18.6 Å². The number of nitrogens with one attached hydrogen (secondary N) is 1. The van der Waals surface area contributed by atoms with Crippen LogP contribution in [0.5, 0.6) is 0 Å². The standard InChI is InChI=1S/C10H20N2/c1-8-5-10(6-8)11-9-3-4-12(2)7-9/h8-11H,3-7H2,1-2H3/t8-,9-,10-/m0/s1. The van der Waals surface area contributed by atoms with E-state index in [0.29, 0.717) is 0 Å². The fraction of sp³-hybridized carbons (Fsp3) is 1.00. The van der Waals surface area contributed by atoms with Crippen LogP contribution in [0.25, 0.3) is 0 Å². The van der Waals surface area contributed by atoms with Crippen molar-refractivity contribution in [3.8, 4) is 0 Å². The quantitative estimate of drug-likeness (QED) is 0.663. The molecule has 0 aromatic rings. The second kappa shape index (κ2) is 3.35. The lowest BCUT2D eigenvalue weighted by Gasteiger charge is -2.35. The Morgan fingerprint density at radius 2 is 2.00 bits per heavy atom. The minimum atomic E-state index is 0.785. The van der Waals surface area contributed by atoms with Gasteiger partial charge in [0.1, 0.15) is 0 Å². The van der Waals surface area contributed by atoms with Crippen LogP contribution in [0.1, 0.15) is 26.2 Å². The Kier molecular flexibility index (Phi) is 2.37. The summed E-state index contributed by atoms with van der Waals surface area (Å²) in [6.45, 7) is 4.88. The van der Waals surface area contributed by atoms with E-state index < -0.39 is 0 Å². The zero-order chi connectivity index (χ0) is 8.55. The van der Waals surface area contributed by atoms with Crippen LogP contribution >= 0.6 is 0 Å². The molecular weight excluding hydrogens is 148 g/mol. The molecule has 0 aromatic carbocycles. The van der Waals surface area contributed by atoms with Gasteiger partial charge in [0.2, 0.25) is 0 Å². The molecule has 2 rings (SSSR count). The van der Waals surface area contributed by atoms with E-state index in [0.717, 1.165) is 18.0 Å². The Labute approximate surface area is 75.3 Å². The predicted molar refractivity (Wildman–Crippen MR) is 51.2 cm³/mol. The average Bonchev–Trinajstić information content (AvgIpc) is 2.33. The van der Waals surface area contributed by atoms with Crippen LogP contribution in [0.15, 0.2) is 0 Å². The fourth-order valence-electron chi connectivity index (χ4n) is 2.44. The van der Waals surface area contributed by atoms with E-state index in [1.807, 2.05) is 0 Å². The van der Waals surface area contributed by atoms with Gasteiger partial charge in [-0.05, 0) is 38.8 Å². The third kappa shape index (κ3) is 1.80. The molecule has 0 amide bonds. The van der Waals surface area contributed by atoms with Gasteiger partial charge in [-0.25, -0.2) is 0 Å². The highest BCUT2D eigenvalue weighted by molar-refractivity contribution is 4.88. The Bertz CT molecular complexity index is 152. The van der Waals surface area contributed by atoms with E-state index in [2.05, 4.69) is 24.2 Å². The highest BCUT2D eigenvalue weighted by Crippen LogP contribution is 2.27. The summed E-state index contributed by atoms with van der Waals surface area (Å²) < 4.78 is 0. The van der Waals surface area contributed by atoms with Gasteiger partial charge in [0.15, 0.2) is 0 Å². The Morgan fingerprint density at radius 3 is 2.50 bits per heavy atom. The first kappa shape index (κ1) is 8.52. The molecule has 12 heavy (non-hydrogen) atoms. The molecule has 0 aromatic heterocycles. The van der Waals surface area contributed by atoms with Gasteiger partial charge in [-0.15, -0.1) is 0 Å². The SMILES string of the molecule is CN1CC[C@H](N[C@H]2C[C@H](C)C2)C1. The summed E-state index contributed by atoms with van der Waals surface area (Å²) in [4.78, 5) is 2.42. The van der Waals surface area contributed by atoms with Crippen molar-refractivity contribution < 1.29 is 0 Å². The molecule has 2 nitrogen and oxygen atoms in total. The second-order valence-electron chi connectivity index (χ2n) is 4.69. The number of rotatable bonds is 2. The summed E-state index contributed by atoms with van der Waals surface area (Å²) >= 11 is 0. The highest BCUT2D eigenvalue weighted by Gasteiger charge is 2.29. The van der Waals surface area contributed by atoms with E-state index in [4.69, 9.17) is 0 Å². The molecule has 1 saturated carbocycles. The molecule has 70 valence electrons. The largest absolute Gasteiger partial charge is 0.310 e. The lowest BCUT2D eigenvalue weighted by molar-refractivity contribution is 0.222. The summed E-state index contributed by atoms with van der Waals surface area (Å²) in [5.41, 5.74) is 0. The van der Waals surface area contributed by atoms with Crippen molar-refractivity contribution in [3.05, 3.63) is 0 Å². The molecule has 1 aliphatic heterocycles. The lowest BCUT2D eigenvalue weighted by atomic mass is 9.81. The molecule has 1 saturated heterocycles. The molecule has 0 spiro atoms. The van der Waals surface area contributed by atoms with Crippen LogP contribution in [-0.4, -0.2) is 37.1 Å². The molecule has 1 heterocycles. The van der Waals surface area contributed by atoms with Crippen LogP contribution in [-0.2, 0) is 0 Å². The first-order valence-electron chi connectivity index (χ1n) is 5.18. The Balaban J connectivity index is 1.67. The van der Waals surface area contributed by atoms with Crippen molar-refractivity contribution in [1.82, 2.24) is 10.2 Å². The second-order valence-corrected chi connectivity index (χ2v) is 4.69. The third-order valence-corrected chi connectivity index (χ3v) is 3.24. The molecular formula is C10H20N2. The van der Waals surface area contributed by atoms with Crippen LogP contribution in [0.3, 0.4) is 0 Å². The predicted octanol–water partition coefficient (Wildman–Crippen LogP) is 1.08. The van der Waals surface area contributed by atoms with Crippen molar-refractivity contribution >= 4 is 0 Å². The summed E-state index contributed by atoms with van der Waals surface area (Å²) in [7, 11) is 2.21. The smallest absolute Gasteiger partial charge is 0.0209 e. The van der Waals surface area contributed by atoms with Gasteiger partial charge in [-0.2, -0.15) is 0 Å². The van der Waals surface area contributed by atoms with Crippen molar-refractivity contribution in [3.63, 3.8) is 0 Å². The Hall–Kier alpha value is -0.0800. The van der Waals surface area contributed by atoms with Crippen LogP contribution in [0.2, 0.25) is 0 Å². The lowest BCUT2D eigenvalue weighted by Crippen LogP contribution is -2.46. The molecule has 0 unspecified atom stereocenters. The number of hydrogen-bond acceptors (Lipinski definition) is 2. The maximum absolute atomic E-state index is 3.73. The molecule has 1 N–H and O–H groups in total. The number of likely N-dealkylation sites (N-methyl/N-ethyl adjacent to an activating group) is 1. The zero-order valence-electron chi connectivity index (χ0n) is 8.21. The topological polar surface area (TPSA) is 15.3 Å². The zero-order valence-corrected chi connectivity index (χ0v) is 8.21. The molecule has 0 bridgehead atoms. The van der Waals surface area contributed by atoms with Crippen LogP contribution in [0.4, 0.5) is 0 Å². The first-order chi connectivity index (χ1) is 5.74. The highest BCUT2D eigenvalue weighted by atomic mass is 15.2. The van der Waals surface area contributed by atoms with Crippen molar-refractivity contribution in [1.29, 1.82) is 0 Å². The van der Waals surface area contributed by atoms with Crippen molar-refractivity contribution in [2.45, 2.75) is 38.3 Å². The Morgan fingerprint density at radius 1 is 1.25 bits per heavy atom. The molecule has 2 aliphatic rings. The summed E-state index contributed by atoms with van der Waals surface area (Å²) in [5.74, 6) is 0.974. The molecule has 1 aliphatic carbocycles. The normalized spacial score (nSPS) is 43.0. The molecule has 2 heteroatoms. The minimum absolute atomic E-state index is 0.785. The van der Waals surface area contributed by atoms with E-state index >= 15 is 0 Å². The van der Waals surface area contributed by atoms with E-state index in [1.165, 1.54) is 32.4 Å². The number of likely N-dealkylation sites (tertiary alicyclic amines) is 1. The maximum Gasteiger partial charge on any atom is 0.0209 e. The van der Waals surface area contributed by atoms with Gasteiger partial charge < -0.3 is 10.2 Å². The summed E-state index contributed by atoms with van der Waals surface area (Å²) in [5, 5.41) is 3.73. The molecule has 2 fully saturated rings. The minimum Gasteiger partial charge on any atom is -0.310 e. The van der Waals surface area contributed by atoms with E-state index in [1.54, 1.807) is 0 Å². The summed E-state index contributed by atoms with van der Waals surface area (Å²) in [6.07, 6.45) is 4.15. The van der Waals surface area contributed by atoms with Gasteiger partial charge in [0.05, 0.1) is 0 Å². The van der Waals surface area contributed by atoms with Gasteiger partial charge in [0.25, 0.3) is 0 Å². The van der Waals surface area contributed by atoms with Crippen LogP contribution in [0, 0.1) is 5.92 Å². The molecule has 1 atom stereocenters. The number of hydrogen-bond donors (Lipinski definition) is 1. The van der Waals surface area contributed by atoms with Crippen molar-refractivity contribution in [2.24, 2.45) is 5.92 Å². The van der Waals surface area contributed by atoms with Crippen molar-refractivity contribution in [2.75, 3.05) is 20.1 Å².